The van der Waals surface area contributed by atoms with Crippen LogP contribution >= 0.6 is 11.3 Å². The highest BCUT2D eigenvalue weighted by molar-refractivity contribution is 7.13. The van der Waals surface area contributed by atoms with E-state index in [0.29, 0.717) is 18.1 Å². The van der Waals surface area contributed by atoms with Crippen LogP contribution in [0.1, 0.15) is 17.7 Å². The Kier molecular flexibility index (Phi) is 8.73. The second-order valence-electron chi connectivity index (χ2n) is 5.02. The molecule has 0 aliphatic carbocycles. The van der Waals surface area contributed by atoms with Gasteiger partial charge in [-0.3, -0.25) is 4.79 Å². The van der Waals surface area contributed by atoms with Crippen LogP contribution in [-0.4, -0.2) is 34.7 Å². The molecule has 0 fully saturated rings. The number of hydrogen-bond donors (Lipinski definition) is 3. The summed E-state index contributed by atoms with van der Waals surface area (Å²) in [4.78, 5) is 25.0. The van der Waals surface area contributed by atoms with E-state index in [-0.39, 0.29) is 5.91 Å². The van der Waals surface area contributed by atoms with Crippen LogP contribution in [0.4, 0.5) is 18.3 Å². The minimum Gasteiger partial charge on any atom is -0.475 e. The quantitative estimate of drug-likeness (QED) is 0.705. The molecular weight excluding hydrogens is 371 g/mol. The molecule has 4 N–H and O–H groups in total. The van der Waals surface area contributed by atoms with Crippen molar-refractivity contribution in [2.24, 2.45) is 5.73 Å². The first-order chi connectivity index (χ1) is 12.2. The van der Waals surface area contributed by atoms with Crippen LogP contribution in [0.15, 0.2) is 35.7 Å². The van der Waals surface area contributed by atoms with Crippen LogP contribution in [0.3, 0.4) is 0 Å². The summed E-state index contributed by atoms with van der Waals surface area (Å²) in [6, 6.07) is 9.98. The minimum absolute atomic E-state index is 0.00231. The zero-order chi connectivity index (χ0) is 19.6. The molecule has 142 valence electrons. The third kappa shape index (κ3) is 8.58. The molecule has 1 heterocycles. The van der Waals surface area contributed by atoms with E-state index in [4.69, 9.17) is 15.6 Å². The maximum Gasteiger partial charge on any atom is 0.490 e. The van der Waals surface area contributed by atoms with Crippen molar-refractivity contribution in [2.45, 2.75) is 25.4 Å². The minimum atomic E-state index is -5.08. The standard InChI is InChI=1S/C14H17N3OS.C2HF3O2/c15-9-8-12-10-19-14(16-12)17-13(18)7-6-11-4-2-1-3-5-11;3-2(4,5)1(6)7/h1-5,10H,6-9,15H2,(H,16,17,18);(H,6,7). The van der Waals surface area contributed by atoms with Gasteiger partial charge in [-0.25, -0.2) is 9.78 Å². The van der Waals surface area contributed by atoms with Crippen molar-refractivity contribution in [3.05, 3.63) is 47.0 Å². The highest BCUT2D eigenvalue weighted by atomic mass is 32.1. The number of nitrogens with zero attached hydrogens (tertiary/aromatic N) is 1. The van der Waals surface area contributed by atoms with E-state index in [1.165, 1.54) is 16.9 Å². The normalized spacial score (nSPS) is 10.6. The molecule has 0 atom stereocenters. The Morgan fingerprint density at radius 1 is 1.19 bits per heavy atom. The molecule has 1 aromatic carbocycles. The summed E-state index contributed by atoms with van der Waals surface area (Å²) in [5.74, 6) is -2.76. The van der Waals surface area contributed by atoms with E-state index in [0.717, 1.165) is 18.5 Å². The van der Waals surface area contributed by atoms with Gasteiger partial charge in [-0.15, -0.1) is 11.3 Å². The average Bonchev–Trinajstić information content (AvgIpc) is 3.01. The Morgan fingerprint density at radius 2 is 1.81 bits per heavy atom. The molecule has 6 nitrogen and oxygen atoms in total. The summed E-state index contributed by atoms with van der Waals surface area (Å²) < 4.78 is 31.7. The second kappa shape index (κ2) is 10.5. The van der Waals surface area contributed by atoms with Gasteiger partial charge in [0.05, 0.1) is 5.69 Å². The molecule has 26 heavy (non-hydrogen) atoms. The van der Waals surface area contributed by atoms with E-state index in [2.05, 4.69) is 10.3 Å². The lowest BCUT2D eigenvalue weighted by Crippen LogP contribution is -2.21. The molecule has 0 saturated carbocycles. The van der Waals surface area contributed by atoms with Gasteiger partial charge in [0.15, 0.2) is 5.13 Å². The summed E-state index contributed by atoms with van der Waals surface area (Å²) in [6.45, 7) is 0.575. The number of alkyl halides is 3. The van der Waals surface area contributed by atoms with Crippen LogP contribution in [-0.2, 0) is 22.4 Å². The van der Waals surface area contributed by atoms with E-state index in [1.807, 2.05) is 35.7 Å². The first kappa shape index (κ1) is 21.6. The highest BCUT2D eigenvalue weighted by Crippen LogP contribution is 2.16. The van der Waals surface area contributed by atoms with Gasteiger partial charge in [0.2, 0.25) is 5.91 Å². The summed E-state index contributed by atoms with van der Waals surface area (Å²) in [5.41, 5.74) is 7.56. The summed E-state index contributed by atoms with van der Waals surface area (Å²) >= 11 is 1.44. The SMILES string of the molecule is NCCc1csc(NC(=O)CCc2ccccc2)n1.O=C(O)C(F)(F)F. The second-order valence-corrected chi connectivity index (χ2v) is 5.88. The van der Waals surface area contributed by atoms with Gasteiger partial charge in [0.25, 0.3) is 0 Å². The molecule has 0 spiro atoms. The van der Waals surface area contributed by atoms with Crippen molar-refractivity contribution < 1.29 is 27.9 Å². The number of carbonyl (C=O) groups excluding carboxylic acids is 1. The number of aromatic nitrogens is 1. The number of aryl methyl sites for hydroxylation is 1. The molecule has 1 aromatic heterocycles. The lowest BCUT2D eigenvalue weighted by molar-refractivity contribution is -0.192. The summed E-state index contributed by atoms with van der Waals surface area (Å²) in [7, 11) is 0. The van der Waals surface area contributed by atoms with Gasteiger partial charge in [0, 0.05) is 18.2 Å². The fourth-order valence-corrected chi connectivity index (χ4v) is 2.47. The lowest BCUT2D eigenvalue weighted by Gasteiger charge is -2.02. The summed E-state index contributed by atoms with van der Waals surface area (Å²) in [5, 5.41) is 12.5. The maximum absolute atomic E-state index is 11.8. The van der Waals surface area contributed by atoms with Gasteiger partial charge in [0.1, 0.15) is 0 Å². The van der Waals surface area contributed by atoms with E-state index in [9.17, 15) is 18.0 Å². The number of hydrogen-bond acceptors (Lipinski definition) is 5. The molecule has 0 bridgehead atoms. The van der Waals surface area contributed by atoms with E-state index < -0.39 is 12.1 Å². The molecule has 0 radical (unpaired) electrons. The number of benzene rings is 1. The zero-order valence-corrected chi connectivity index (χ0v) is 14.4. The van der Waals surface area contributed by atoms with Crippen molar-refractivity contribution in [1.82, 2.24) is 4.98 Å². The van der Waals surface area contributed by atoms with E-state index >= 15 is 0 Å². The Bertz CT molecular complexity index is 706. The smallest absolute Gasteiger partial charge is 0.475 e. The highest BCUT2D eigenvalue weighted by Gasteiger charge is 2.38. The number of aliphatic carboxylic acids is 1. The number of carboxylic acids is 1. The topological polar surface area (TPSA) is 105 Å². The number of nitrogens with two attached hydrogens (primary N) is 1. The van der Waals surface area contributed by atoms with Gasteiger partial charge in [-0.2, -0.15) is 13.2 Å². The number of carbonyl (C=O) groups is 2. The largest absolute Gasteiger partial charge is 0.490 e. The van der Waals surface area contributed by atoms with Gasteiger partial charge >= 0.3 is 12.1 Å². The van der Waals surface area contributed by atoms with Crippen molar-refractivity contribution in [3.8, 4) is 0 Å². The molecule has 0 aliphatic rings. The molecule has 0 unspecified atom stereocenters. The zero-order valence-electron chi connectivity index (χ0n) is 13.6. The lowest BCUT2D eigenvalue weighted by atomic mass is 10.1. The van der Waals surface area contributed by atoms with Crippen LogP contribution < -0.4 is 11.1 Å². The first-order valence-electron chi connectivity index (χ1n) is 7.50. The number of amides is 1. The number of rotatable bonds is 6. The average molecular weight is 389 g/mol. The fourth-order valence-electron chi connectivity index (χ4n) is 1.71. The molecular formula is C16H18F3N3O3S. The van der Waals surface area contributed by atoms with Crippen LogP contribution in [0.25, 0.3) is 0 Å². The molecule has 0 saturated heterocycles. The Balaban J connectivity index is 0.000000412. The molecule has 10 heteroatoms. The Hall–Kier alpha value is -2.46. The van der Waals surface area contributed by atoms with Crippen molar-refractivity contribution >= 4 is 28.3 Å². The Morgan fingerprint density at radius 3 is 2.35 bits per heavy atom. The monoisotopic (exact) mass is 389 g/mol. The van der Waals surface area contributed by atoms with E-state index in [1.54, 1.807) is 0 Å². The number of thiazole rings is 1. The molecule has 0 aliphatic heterocycles. The summed E-state index contributed by atoms with van der Waals surface area (Å²) in [6.07, 6.45) is -3.13. The predicted octanol–water partition coefficient (Wildman–Crippen LogP) is 2.85. The van der Waals surface area contributed by atoms with Crippen LogP contribution in [0.2, 0.25) is 0 Å². The van der Waals surface area contributed by atoms with Crippen LogP contribution in [0.5, 0.6) is 0 Å². The van der Waals surface area contributed by atoms with Gasteiger partial charge in [-0.1, -0.05) is 30.3 Å². The molecule has 2 aromatic rings. The molecule has 1 amide bonds. The number of nitrogens with one attached hydrogen (secondary N) is 1. The predicted molar refractivity (Wildman–Crippen MR) is 92.0 cm³/mol. The van der Waals surface area contributed by atoms with Gasteiger partial charge in [-0.05, 0) is 18.5 Å². The van der Waals surface area contributed by atoms with Gasteiger partial charge < -0.3 is 16.2 Å². The number of carboxylic acid groups (broad SMARTS) is 1. The Labute approximate surface area is 151 Å². The van der Waals surface area contributed by atoms with Crippen molar-refractivity contribution in [3.63, 3.8) is 0 Å². The number of anilines is 1. The molecule has 2 rings (SSSR count). The van der Waals surface area contributed by atoms with Crippen molar-refractivity contribution in [2.75, 3.05) is 11.9 Å². The third-order valence-electron chi connectivity index (χ3n) is 2.92. The number of halogens is 3. The van der Waals surface area contributed by atoms with Crippen molar-refractivity contribution in [1.29, 1.82) is 0 Å². The first-order valence-corrected chi connectivity index (χ1v) is 8.38. The van der Waals surface area contributed by atoms with Crippen LogP contribution in [0, 0.1) is 0 Å². The maximum atomic E-state index is 11.8. The fraction of sp³-hybridized carbons (Fsp3) is 0.312. The third-order valence-corrected chi connectivity index (χ3v) is 3.73.